The lowest BCUT2D eigenvalue weighted by Gasteiger charge is -2.38. The van der Waals surface area contributed by atoms with Gasteiger partial charge in [-0.25, -0.2) is 16.9 Å². The van der Waals surface area contributed by atoms with Gasteiger partial charge in [0.25, 0.3) is 15.9 Å². The van der Waals surface area contributed by atoms with Gasteiger partial charge in [-0.2, -0.15) is 21.6 Å². The van der Waals surface area contributed by atoms with E-state index in [4.69, 9.17) is 36.9 Å². The predicted octanol–water partition coefficient (Wildman–Crippen LogP) is 6.87. The third-order valence-electron chi connectivity index (χ3n) is 6.62. The first kappa shape index (κ1) is 31.7. The van der Waals surface area contributed by atoms with Crippen molar-refractivity contribution in [2.24, 2.45) is 0 Å². The summed E-state index contributed by atoms with van der Waals surface area (Å²) in [6.07, 6.45) is -4.74. The lowest BCUT2D eigenvalue weighted by molar-refractivity contribution is -0.137. The lowest BCUT2D eigenvalue weighted by atomic mass is 10.1. The first-order valence-corrected chi connectivity index (χ1v) is 16.0. The minimum atomic E-state index is -4.93. The van der Waals surface area contributed by atoms with Crippen molar-refractivity contribution in [1.82, 2.24) is 0 Å². The molecule has 0 aromatic heterocycles. The Morgan fingerprint density at radius 3 is 1.89 bits per heavy atom. The topological polar surface area (TPSA) is 111 Å². The Kier molecular flexibility index (Phi) is 8.18. The molecule has 0 bridgehead atoms. The molecule has 5 rings (SSSR count). The number of nitrogens with one attached hydrogen (secondary N) is 1. The number of alkyl halides is 3. The van der Waals surface area contributed by atoms with Crippen LogP contribution in [0.1, 0.15) is 11.1 Å². The number of hydrogen-bond donors (Lipinski definition) is 1. The van der Waals surface area contributed by atoms with Crippen LogP contribution in [-0.2, 0) is 36.3 Å². The second-order valence-electron chi connectivity index (χ2n) is 9.26. The zero-order valence-electron chi connectivity index (χ0n) is 22.6. The number of benzene rings is 4. The number of methoxy groups -OCH3 is 2. The predicted molar refractivity (Wildman–Crippen MR) is 157 cm³/mol. The number of fused-ring (bicyclic) bond motifs is 1. The highest BCUT2D eigenvalue weighted by atomic mass is 35.5. The number of para-hydroxylation sites is 2. The molecule has 0 saturated heterocycles. The fraction of sp³-hybridized carbons (Fsp3) is 0.143. The first-order valence-electron chi connectivity index (χ1n) is 12.4. The van der Waals surface area contributed by atoms with Crippen LogP contribution >= 0.6 is 23.2 Å². The number of hydrogen-bond acceptors (Lipinski definition) is 8. The van der Waals surface area contributed by atoms with E-state index < -0.39 is 42.6 Å². The molecule has 1 heterocycles. The van der Waals surface area contributed by atoms with Crippen molar-refractivity contribution in [1.29, 1.82) is 0 Å². The third-order valence-corrected chi connectivity index (χ3v) is 10.3. The molecule has 0 aliphatic carbocycles. The Morgan fingerprint density at radius 2 is 1.32 bits per heavy atom. The molecule has 1 N–H and O–H groups in total. The van der Waals surface area contributed by atoms with Crippen molar-refractivity contribution in [3.05, 3.63) is 106 Å². The highest BCUT2D eigenvalue weighted by molar-refractivity contribution is 7.93. The second kappa shape index (κ2) is 11.3. The number of rotatable bonds is 8. The van der Waals surface area contributed by atoms with Gasteiger partial charge in [-0.3, -0.25) is 0 Å². The van der Waals surface area contributed by atoms with E-state index in [2.05, 4.69) is 5.32 Å². The maximum atomic E-state index is 14.5. The van der Waals surface area contributed by atoms with Crippen molar-refractivity contribution in [3.63, 3.8) is 0 Å². The smallest absolute Gasteiger partial charge is 0.416 e. The number of anilines is 2. The van der Waals surface area contributed by atoms with E-state index in [-0.39, 0.29) is 43.4 Å². The van der Waals surface area contributed by atoms with Gasteiger partial charge in [-0.15, -0.1) is 0 Å². The zero-order chi connectivity index (χ0) is 32.1. The Labute approximate surface area is 260 Å². The summed E-state index contributed by atoms with van der Waals surface area (Å²) in [5.74, 6) is -2.71. The molecule has 4 aromatic carbocycles. The molecule has 44 heavy (non-hydrogen) atoms. The summed E-state index contributed by atoms with van der Waals surface area (Å²) in [7, 11) is -7.19. The normalized spacial score (nSPS) is 16.8. The molecule has 1 atom stereocenters. The molecular formula is C28H21Cl2F3N2O7S2. The number of nitrogens with zero attached hydrogens (tertiary/aromatic N) is 1. The summed E-state index contributed by atoms with van der Waals surface area (Å²) in [6.45, 7) is 0. The average molecular weight is 690 g/mol. The maximum Gasteiger partial charge on any atom is 0.416 e. The number of halogens is 5. The van der Waals surface area contributed by atoms with E-state index in [0.717, 1.165) is 36.4 Å². The van der Waals surface area contributed by atoms with Crippen LogP contribution in [0, 0.1) is 0 Å². The number of ether oxygens (including phenoxy) is 2. The molecule has 1 unspecified atom stereocenters. The van der Waals surface area contributed by atoms with Crippen LogP contribution in [0.5, 0.6) is 11.5 Å². The third kappa shape index (κ3) is 5.52. The summed E-state index contributed by atoms with van der Waals surface area (Å²) in [4.78, 5) is -0.865. The molecule has 16 heteroatoms. The highest BCUT2D eigenvalue weighted by Gasteiger charge is 2.56. The van der Waals surface area contributed by atoms with Crippen molar-refractivity contribution in [2.75, 3.05) is 23.8 Å². The summed E-state index contributed by atoms with van der Waals surface area (Å²) < 4.78 is 114. The largest absolute Gasteiger partial charge is 0.495 e. The van der Waals surface area contributed by atoms with E-state index >= 15 is 0 Å². The van der Waals surface area contributed by atoms with Crippen LogP contribution in [-0.4, -0.2) is 31.1 Å². The summed E-state index contributed by atoms with van der Waals surface area (Å²) >= 11 is 12.2. The van der Waals surface area contributed by atoms with E-state index in [1.165, 1.54) is 44.6 Å². The summed E-state index contributed by atoms with van der Waals surface area (Å²) in [5, 5.41) is 2.98. The van der Waals surface area contributed by atoms with Gasteiger partial charge >= 0.3 is 16.3 Å². The number of sulfonamides is 1. The van der Waals surface area contributed by atoms with Crippen LogP contribution < -0.4 is 19.1 Å². The average Bonchev–Trinajstić information content (AvgIpc) is 3.32. The van der Waals surface area contributed by atoms with Gasteiger partial charge in [0.15, 0.2) is 0 Å². The molecule has 0 saturated carbocycles. The van der Waals surface area contributed by atoms with Gasteiger partial charge in [-0.05, 0) is 48.5 Å². The van der Waals surface area contributed by atoms with Crippen molar-refractivity contribution in [2.45, 2.75) is 21.8 Å². The highest BCUT2D eigenvalue weighted by Crippen LogP contribution is 2.51. The molecule has 9 nitrogen and oxygen atoms in total. The van der Waals surface area contributed by atoms with Crippen molar-refractivity contribution < 1.29 is 43.7 Å². The molecule has 0 amide bonds. The van der Waals surface area contributed by atoms with Gasteiger partial charge in [-0.1, -0.05) is 47.5 Å². The van der Waals surface area contributed by atoms with Gasteiger partial charge in [0.2, 0.25) is 0 Å². The van der Waals surface area contributed by atoms with Crippen LogP contribution in [0.2, 0.25) is 10.0 Å². The monoisotopic (exact) mass is 688 g/mol. The second-order valence-corrected chi connectivity index (χ2v) is 13.4. The van der Waals surface area contributed by atoms with Crippen LogP contribution in [0.4, 0.5) is 24.5 Å². The van der Waals surface area contributed by atoms with E-state index in [9.17, 15) is 30.0 Å². The van der Waals surface area contributed by atoms with E-state index in [0.29, 0.717) is 16.4 Å². The quantitative estimate of drug-likeness (QED) is 0.200. The van der Waals surface area contributed by atoms with Crippen LogP contribution in [0.3, 0.4) is 0 Å². The van der Waals surface area contributed by atoms with Gasteiger partial charge in [0.05, 0.1) is 51.0 Å². The molecular weight excluding hydrogens is 668 g/mol. The Balaban J connectivity index is 1.79. The molecule has 0 fully saturated rings. The SMILES string of the molecule is COc1cc(S(=O)(=O)OC2(c3ccc(C(F)(F)F)cc3)Nc3ccccc3N2S(=O)(=O)c2ccc(Cl)c(OC)c2)ccc1Cl. The molecule has 232 valence electrons. The first-order chi connectivity index (χ1) is 20.6. The molecule has 1 aliphatic heterocycles. The zero-order valence-corrected chi connectivity index (χ0v) is 25.7. The Bertz CT molecular complexity index is 1960. The fourth-order valence-corrected chi connectivity index (χ4v) is 7.74. The summed E-state index contributed by atoms with van der Waals surface area (Å²) in [5.41, 5.74) is -1.32. The minimum Gasteiger partial charge on any atom is -0.495 e. The molecule has 0 spiro atoms. The van der Waals surface area contributed by atoms with Crippen LogP contribution in [0.15, 0.2) is 94.7 Å². The van der Waals surface area contributed by atoms with Gasteiger partial charge in [0, 0.05) is 17.7 Å². The molecule has 4 aromatic rings. The van der Waals surface area contributed by atoms with Crippen molar-refractivity contribution >= 4 is 54.7 Å². The van der Waals surface area contributed by atoms with E-state index in [1.54, 1.807) is 6.07 Å². The van der Waals surface area contributed by atoms with E-state index in [1.807, 2.05) is 0 Å². The molecule has 1 aliphatic rings. The molecule has 0 radical (unpaired) electrons. The maximum absolute atomic E-state index is 14.5. The minimum absolute atomic E-state index is 0.00453. The Hall–Kier alpha value is -3.69. The summed E-state index contributed by atoms with van der Waals surface area (Å²) in [6, 6.07) is 16.0. The van der Waals surface area contributed by atoms with Crippen LogP contribution in [0.25, 0.3) is 0 Å². The van der Waals surface area contributed by atoms with Gasteiger partial charge < -0.3 is 14.8 Å². The Morgan fingerprint density at radius 1 is 0.773 bits per heavy atom. The fourth-order valence-electron chi connectivity index (χ4n) is 4.54. The lowest BCUT2D eigenvalue weighted by Crippen LogP contribution is -2.54. The van der Waals surface area contributed by atoms with Crippen molar-refractivity contribution in [3.8, 4) is 11.5 Å². The standard InChI is InChI=1S/C28H21Cl2F3N2O7S2/c1-40-25-15-19(11-13-21(25)29)43(36,37)35-24-6-4-3-5-23(24)34-28(35,18-9-7-17(8-10-18)27(31,32)33)42-44(38,39)20-12-14-22(30)26(16-20)41-2/h3-16,34H,1-2H3. The van der Waals surface area contributed by atoms with Gasteiger partial charge in [0.1, 0.15) is 11.5 Å².